The van der Waals surface area contributed by atoms with Crippen LogP contribution in [-0.4, -0.2) is 33.3 Å². The van der Waals surface area contributed by atoms with Gasteiger partial charge in [-0.1, -0.05) is 0 Å². The number of rotatable bonds is 4. The fourth-order valence-corrected chi connectivity index (χ4v) is 3.99. The van der Waals surface area contributed by atoms with Crippen LogP contribution in [0.4, 0.5) is 8.78 Å². The molecule has 0 aromatic heterocycles. The van der Waals surface area contributed by atoms with Gasteiger partial charge in [-0.3, -0.25) is 4.72 Å². The van der Waals surface area contributed by atoms with E-state index in [0.717, 1.165) is 12.1 Å². The molecule has 10 heteroatoms. The summed E-state index contributed by atoms with van der Waals surface area (Å²) in [7, 11) is -4.89. The van der Waals surface area contributed by atoms with Gasteiger partial charge in [-0.05, 0) is 58.3 Å². The van der Waals surface area contributed by atoms with Crippen molar-refractivity contribution in [3.63, 3.8) is 0 Å². The van der Waals surface area contributed by atoms with Gasteiger partial charge in [-0.2, -0.15) is 0 Å². The van der Waals surface area contributed by atoms with Crippen molar-refractivity contribution >= 4 is 17.1 Å². The summed E-state index contributed by atoms with van der Waals surface area (Å²) in [6, 6.07) is 2.31. The van der Waals surface area contributed by atoms with E-state index in [1.54, 1.807) is 13.0 Å². The highest BCUT2D eigenvalue weighted by Gasteiger charge is 2.52. The number of hydrogen-bond acceptors (Lipinski definition) is 5. The number of allylic oxidation sites excluding steroid dienone is 2. The fourth-order valence-electron chi connectivity index (χ4n) is 2.82. The first-order valence-corrected chi connectivity index (χ1v) is 10.3. The molecule has 1 fully saturated rings. The minimum Gasteiger partial charge on any atom is -0.400 e. The Morgan fingerprint density at radius 1 is 1.14 bits per heavy atom. The van der Waals surface area contributed by atoms with Gasteiger partial charge in [0.25, 0.3) is 10.0 Å². The van der Waals surface area contributed by atoms with Crippen LogP contribution in [0, 0.1) is 11.6 Å². The van der Waals surface area contributed by atoms with Crippen molar-refractivity contribution in [3.8, 4) is 0 Å². The van der Waals surface area contributed by atoms with Gasteiger partial charge in [0.2, 0.25) is 0 Å². The molecule has 0 spiro atoms. The van der Waals surface area contributed by atoms with E-state index in [1.165, 1.54) is 0 Å². The molecule has 0 aliphatic carbocycles. The summed E-state index contributed by atoms with van der Waals surface area (Å²) < 4.78 is 66.6. The van der Waals surface area contributed by atoms with Crippen LogP contribution in [0.25, 0.3) is 0 Å². The van der Waals surface area contributed by atoms with Crippen LogP contribution in [0.2, 0.25) is 0 Å². The maximum Gasteiger partial charge on any atom is 0.492 e. The largest absolute Gasteiger partial charge is 0.492 e. The van der Waals surface area contributed by atoms with E-state index in [0.29, 0.717) is 23.8 Å². The summed E-state index contributed by atoms with van der Waals surface area (Å²) in [5.74, 6) is -2.01. The Morgan fingerprint density at radius 3 is 2.32 bits per heavy atom. The standard InChI is InChI=1S/C18H23BF2N2O4S/c1-11-15(23-28(24,25)16-7-6-13(20)9-14(16)21)8-12(10-22-11)19-26-17(2,3)18(4,5)27-19/h6-9,22-23H,10H2,1-5H3. The molecule has 152 valence electrons. The monoisotopic (exact) mass is 412 g/mol. The smallest absolute Gasteiger partial charge is 0.400 e. The van der Waals surface area contributed by atoms with E-state index in [-0.39, 0.29) is 5.70 Å². The molecule has 2 heterocycles. The zero-order chi connectivity index (χ0) is 20.9. The highest BCUT2D eigenvalue weighted by atomic mass is 32.2. The highest BCUT2D eigenvalue weighted by molar-refractivity contribution is 7.89. The van der Waals surface area contributed by atoms with Gasteiger partial charge in [-0.15, -0.1) is 0 Å². The minimum absolute atomic E-state index is 0.236. The highest BCUT2D eigenvalue weighted by Crippen LogP contribution is 2.39. The first-order valence-electron chi connectivity index (χ1n) is 8.81. The summed E-state index contributed by atoms with van der Waals surface area (Å²) in [6.45, 7) is 9.80. The molecule has 0 bridgehead atoms. The van der Waals surface area contributed by atoms with Crippen molar-refractivity contribution in [1.82, 2.24) is 10.0 Å². The third kappa shape index (κ3) is 3.81. The molecule has 1 saturated heterocycles. The molecule has 2 N–H and O–H groups in total. The van der Waals surface area contributed by atoms with Crippen molar-refractivity contribution in [2.24, 2.45) is 0 Å². The Labute approximate surface area is 164 Å². The van der Waals surface area contributed by atoms with Gasteiger partial charge >= 0.3 is 7.12 Å². The average molecular weight is 412 g/mol. The molecule has 0 atom stereocenters. The zero-order valence-electron chi connectivity index (χ0n) is 16.4. The Kier molecular flexibility index (Phi) is 5.10. The summed E-state index contributed by atoms with van der Waals surface area (Å²) in [5, 5.41) is 3.08. The third-order valence-electron chi connectivity index (χ3n) is 5.28. The molecule has 1 aromatic rings. The van der Waals surface area contributed by atoms with Crippen LogP contribution < -0.4 is 10.0 Å². The van der Waals surface area contributed by atoms with Crippen molar-refractivity contribution in [1.29, 1.82) is 0 Å². The second kappa shape index (κ2) is 6.86. The predicted octanol–water partition coefficient (Wildman–Crippen LogP) is 2.64. The zero-order valence-corrected chi connectivity index (χ0v) is 17.2. The number of nitrogens with one attached hydrogen (secondary N) is 2. The molecule has 3 rings (SSSR count). The van der Waals surface area contributed by atoms with Gasteiger partial charge in [0.05, 0.1) is 16.9 Å². The number of hydrogen-bond donors (Lipinski definition) is 2. The quantitative estimate of drug-likeness (QED) is 0.744. The lowest BCUT2D eigenvalue weighted by Gasteiger charge is -2.32. The maximum absolute atomic E-state index is 13.9. The topological polar surface area (TPSA) is 76.7 Å². The van der Waals surface area contributed by atoms with Crippen molar-refractivity contribution in [3.05, 3.63) is 52.8 Å². The molecule has 28 heavy (non-hydrogen) atoms. The first-order chi connectivity index (χ1) is 12.8. The minimum atomic E-state index is -4.25. The van der Waals surface area contributed by atoms with Crippen molar-refractivity contribution in [2.75, 3.05) is 6.54 Å². The van der Waals surface area contributed by atoms with E-state index in [1.807, 2.05) is 27.7 Å². The average Bonchev–Trinajstić information content (AvgIpc) is 2.77. The van der Waals surface area contributed by atoms with Crippen LogP contribution in [0.15, 0.2) is 46.0 Å². The fraction of sp³-hybridized carbons (Fsp3) is 0.444. The molecule has 2 aliphatic rings. The molecule has 0 saturated carbocycles. The lowest BCUT2D eigenvalue weighted by molar-refractivity contribution is 0.00578. The first kappa shape index (κ1) is 20.8. The Balaban J connectivity index is 1.88. The van der Waals surface area contributed by atoms with Gasteiger partial charge in [-0.25, -0.2) is 17.2 Å². The summed E-state index contributed by atoms with van der Waals surface area (Å²) >= 11 is 0. The van der Waals surface area contributed by atoms with Crippen LogP contribution in [0.1, 0.15) is 34.6 Å². The molecule has 0 unspecified atom stereocenters. The van der Waals surface area contributed by atoms with Gasteiger partial charge in [0.15, 0.2) is 0 Å². The molecule has 0 amide bonds. The van der Waals surface area contributed by atoms with Crippen LogP contribution in [0.3, 0.4) is 0 Å². The molecule has 6 nitrogen and oxygen atoms in total. The Morgan fingerprint density at radius 2 is 1.75 bits per heavy atom. The summed E-state index contributed by atoms with van der Waals surface area (Å²) in [5.41, 5.74) is 0.421. The molecular weight excluding hydrogens is 389 g/mol. The SMILES string of the molecule is CC1=C(NS(=O)(=O)c2ccc(F)cc2F)C=C(B2OC(C)(C)C(C)(C)O2)CN1. The van der Waals surface area contributed by atoms with Crippen LogP contribution in [-0.2, 0) is 19.3 Å². The molecule has 1 aromatic carbocycles. The predicted molar refractivity (Wildman–Crippen MR) is 102 cm³/mol. The number of halogens is 2. The van der Waals surface area contributed by atoms with Crippen molar-refractivity contribution in [2.45, 2.75) is 50.7 Å². The van der Waals surface area contributed by atoms with E-state index >= 15 is 0 Å². The third-order valence-corrected chi connectivity index (χ3v) is 6.67. The van der Waals surface area contributed by atoms with Crippen LogP contribution in [0.5, 0.6) is 0 Å². The Bertz CT molecular complexity index is 958. The maximum atomic E-state index is 13.9. The van der Waals surface area contributed by atoms with Gasteiger partial charge in [0.1, 0.15) is 16.5 Å². The lowest BCUT2D eigenvalue weighted by Crippen LogP contribution is -2.41. The lowest BCUT2D eigenvalue weighted by atomic mass is 9.76. The Hall–Kier alpha value is -1.91. The normalized spacial score (nSPS) is 21.4. The van der Waals surface area contributed by atoms with Crippen LogP contribution >= 0.6 is 0 Å². The van der Waals surface area contributed by atoms with Gasteiger partial charge < -0.3 is 14.6 Å². The second-order valence-corrected chi connectivity index (χ2v) is 9.53. The van der Waals surface area contributed by atoms with Crippen molar-refractivity contribution < 1.29 is 26.5 Å². The van der Waals surface area contributed by atoms with Gasteiger partial charge in [0, 0.05) is 18.3 Å². The summed E-state index contributed by atoms with van der Waals surface area (Å²) in [4.78, 5) is -0.634. The second-order valence-electron chi connectivity index (χ2n) is 7.88. The molecule has 0 radical (unpaired) electrons. The van der Waals surface area contributed by atoms with E-state index in [9.17, 15) is 17.2 Å². The van der Waals surface area contributed by atoms with E-state index < -0.39 is 44.9 Å². The van der Waals surface area contributed by atoms with E-state index in [4.69, 9.17) is 9.31 Å². The molecular formula is C18H23BF2N2O4S. The number of benzene rings is 1. The summed E-state index contributed by atoms with van der Waals surface area (Å²) in [6.07, 6.45) is 1.62. The van der Waals surface area contributed by atoms with E-state index in [2.05, 4.69) is 10.0 Å². The number of dihydropyridines is 1. The molecule has 2 aliphatic heterocycles. The number of sulfonamides is 1.